The molecule has 0 aromatic carbocycles. The van der Waals surface area contributed by atoms with Crippen LogP contribution in [0.15, 0.2) is 0 Å². The summed E-state index contributed by atoms with van der Waals surface area (Å²) < 4.78 is 5.68. The van der Waals surface area contributed by atoms with Gasteiger partial charge in [0.1, 0.15) is 6.61 Å². The van der Waals surface area contributed by atoms with E-state index in [2.05, 4.69) is 29.0 Å². The fourth-order valence-corrected chi connectivity index (χ4v) is 2.59. The van der Waals surface area contributed by atoms with Crippen molar-refractivity contribution >= 4 is 0 Å². The highest BCUT2D eigenvalue weighted by atomic mass is 16.5. The van der Waals surface area contributed by atoms with Crippen LogP contribution in [0.1, 0.15) is 57.3 Å². The fourth-order valence-electron chi connectivity index (χ4n) is 2.59. The molecule has 106 valence electrons. The molecule has 0 unspecified atom stereocenters. The Morgan fingerprint density at radius 3 is 2.37 bits per heavy atom. The van der Waals surface area contributed by atoms with Gasteiger partial charge in [-0.3, -0.25) is 0 Å². The van der Waals surface area contributed by atoms with Gasteiger partial charge >= 0.3 is 6.01 Å². The summed E-state index contributed by atoms with van der Waals surface area (Å²) in [5.41, 5.74) is 8.05. The van der Waals surface area contributed by atoms with E-state index in [4.69, 9.17) is 10.5 Å². The molecule has 0 saturated heterocycles. The molecule has 5 nitrogen and oxygen atoms in total. The lowest BCUT2D eigenvalue weighted by Gasteiger charge is -2.32. The number of ether oxygens (including phenoxy) is 1. The fraction of sp³-hybridized carbons (Fsp3) is 0.786. The van der Waals surface area contributed by atoms with Crippen molar-refractivity contribution in [2.75, 3.05) is 6.61 Å². The molecular weight excluding hydrogens is 240 g/mol. The molecule has 0 atom stereocenters. The molecule has 0 radical (unpaired) electrons. The Hall–Kier alpha value is -1.23. The lowest BCUT2D eigenvalue weighted by Crippen LogP contribution is -2.47. The van der Waals surface area contributed by atoms with Crippen LogP contribution in [0.4, 0.5) is 0 Å². The summed E-state index contributed by atoms with van der Waals surface area (Å²) in [5.74, 6) is 0. The monoisotopic (exact) mass is 264 g/mol. The second-order valence-corrected chi connectivity index (χ2v) is 5.41. The molecule has 19 heavy (non-hydrogen) atoms. The molecule has 0 amide bonds. The molecule has 2 rings (SSSR count). The largest absolute Gasteiger partial charge is 0.460 e. The van der Waals surface area contributed by atoms with Crippen LogP contribution in [0.3, 0.4) is 0 Å². The zero-order valence-electron chi connectivity index (χ0n) is 12.0. The number of hydrogen-bond acceptors (Lipinski definition) is 5. The first-order valence-corrected chi connectivity index (χ1v) is 7.31. The zero-order chi connectivity index (χ0) is 13.7. The van der Waals surface area contributed by atoms with Crippen LogP contribution >= 0.6 is 0 Å². The Morgan fingerprint density at radius 2 is 1.74 bits per heavy atom. The number of nitrogens with two attached hydrogens (primary N) is 1. The number of aryl methyl sites for hydroxylation is 2. The highest BCUT2D eigenvalue weighted by molar-refractivity contribution is 5.12. The Kier molecular flexibility index (Phi) is 4.69. The predicted octanol–water partition coefficient (Wildman–Crippen LogP) is 2.04. The minimum atomic E-state index is -0.211. The Labute approximate surface area is 115 Å². The molecule has 1 aromatic heterocycles. The van der Waals surface area contributed by atoms with Gasteiger partial charge in [-0.25, -0.2) is 0 Å². The SMILES string of the molecule is CCc1nnc(OCC2(N)CCCCC2)nc1CC. The van der Waals surface area contributed by atoms with Crippen molar-refractivity contribution in [3.05, 3.63) is 11.4 Å². The molecule has 1 aliphatic carbocycles. The van der Waals surface area contributed by atoms with E-state index in [1.165, 1.54) is 19.3 Å². The van der Waals surface area contributed by atoms with E-state index in [0.29, 0.717) is 12.6 Å². The quantitative estimate of drug-likeness (QED) is 0.881. The molecule has 1 saturated carbocycles. The van der Waals surface area contributed by atoms with Gasteiger partial charge in [0.15, 0.2) is 0 Å². The Balaban J connectivity index is 1.99. The van der Waals surface area contributed by atoms with Crippen LogP contribution in [0.2, 0.25) is 0 Å². The summed E-state index contributed by atoms with van der Waals surface area (Å²) in [4.78, 5) is 4.43. The highest BCUT2D eigenvalue weighted by Gasteiger charge is 2.28. The summed E-state index contributed by atoms with van der Waals surface area (Å²) in [5, 5.41) is 8.21. The number of nitrogens with zero attached hydrogens (tertiary/aromatic N) is 3. The molecule has 0 spiro atoms. The van der Waals surface area contributed by atoms with Gasteiger partial charge in [0.05, 0.1) is 16.9 Å². The van der Waals surface area contributed by atoms with E-state index in [0.717, 1.165) is 37.1 Å². The van der Waals surface area contributed by atoms with Crippen LogP contribution in [-0.2, 0) is 12.8 Å². The number of aromatic nitrogens is 3. The molecule has 1 fully saturated rings. The van der Waals surface area contributed by atoms with Gasteiger partial charge in [0.25, 0.3) is 0 Å². The van der Waals surface area contributed by atoms with Gasteiger partial charge in [-0.1, -0.05) is 38.2 Å². The first-order chi connectivity index (χ1) is 9.17. The Morgan fingerprint density at radius 1 is 1.05 bits per heavy atom. The average Bonchev–Trinajstić information content (AvgIpc) is 2.45. The molecule has 0 aliphatic heterocycles. The van der Waals surface area contributed by atoms with Crippen molar-refractivity contribution in [1.29, 1.82) is 0 Å². The van der Waals surface area contributed by atoms with Gasteiger partial charge in [-0.2, -0.15) is 4.98 Å². The van der Waals surface area contributed by atoms with Crippen molar-refractivity contribution in [2.45, 2.75) is 64.3 Å². The van der Waals surface area contributed by atoms with Crippen LogP contribution in [-0.4, -0.2) is 27.3 Å². The molecule has 1 aromatic rings. The summed E-state index contributed by atoms with van der Waals surface area (Å²) >= 11 is 0. The minimum absolute atomic E-state index is 0.211. The van der Waals surface area contributed by atoms with Crippen LogP contribution < -0.4 is 10.5 Å². The maximum atomic E-state index is 6.33. The summed E-state index contributed by atoms with van der Waals surface area (Å²) in [6.45, 7) is 4.62. The second kappa shape index (κ2) is 6.28. The van der Waals surface area contributed by atoms with Crippen molar-refractivity contribution in [2.24, 2.45) is 5.73 Å². The topological polar surface area (TPSA) is 73.9 Å². The van der Waals surface area contributed by atoms with Crippen molar-refractivity contribution in [1.82, 2.24) is 15.2 Å². The third-order valence-corrected chi connectivity index (χ3v) is 3.83. The molecule has 0 bridgehead atoms. The number of rotatable bonds is 5. The predicted molar refractivity (Wildman–Crippen MR) is 74.1 cm³/mol. The third-order valence-electron chi connectivity index (χ3n) is 3.83. The third kappa shape index (κ3) is 3.62. The highest BCUT2D eigenvalue weighted by Crippen LogP contribution is 2.26. The van der Waals surface area contributed by atoms with Crippen molar-refractivity contribution in [3.63, 3.8) is 0 Å². The van der Waals surface area contributed by atoms with Gasteiger partial charge in [0, 0.05) is 0 Å². The number of hydrogen-bond donors (Lipinski definition) is 1. The molecule has 1 aliphatic rings. The first-order valence-electron chi connectivity index (χ1n) is 7.31. The summed E-state index contributed by atoms with van der Waals surface area (Å²) in [6, 6.07) is 0.365. The van der Waals surface area contributed by atoms with E-state index >= 15 is 0 Å². The molecule has 5 heteroatoms. The van der Waals surface area contributed by atoms with E-state index in [-0.39, 0.29) is 5.54 Å². The maximum absolute atomic E-state index is 6.33. The first kappa shape index (κ1) is 14.2. The van der Waals surface area contributed by atoms with E-state index in [9.17, 15) is 0 Å². The average molecular weight is 264 g/mol. The van der Waals surface area contributed by atoms with E-state index < -0.39 is 0 Å². The van der Waals surface area contributed by atoms with Crippen molar-refractivity contribution in [3.8, 4) is 6.01 Å². The van der Waals surface area contributed by atoms with Gasteiger partial charge in [-0.15, -0.1) is 5.10 Å². The minimum Gasteiger partial charge on any atom is -0.460 e. The Bertz CT molecular complexity index is 416. The normalized spacial score (nSPS) is 18.3. The van der Waals surface area contributed by atoms with Crippen LogP contribution in [0, 0.1) is 0 Å². The van der Waals surface area contributed by atoms with Crippen molar-refractivity contribution < 1.29 is 4.74 Å². The second-order valence-electron chi connectivity index (χ2n) is 5.41. The van der Waals surface area contributed by atoms with E-state index in [1.54, 1.807) is 0 Å². The standard InChI is InChI=1S/C14H24N4O/c1-3-11-12(4-2)17-18-13(16-11)19-10-14(15)8-6-5-7-9-14/h3-10,15H2,1-2H3. The molecular formula is C14H24N4O. The maximum Gasteiger partial charge on any atom is 0.335 e. The van der Waals surface area contributed by atoms with Gasteiger partial charge < -0.3 is 10.5 Å². The lowest BCUT2D eigenvalue weighted by molar-refractivity contribution is 0.162. The molecule has 2 N–H and O–H groups in total. The van der Waals surface area contributed by atoms with Crippen LogP contribution in [0.5, 0.6) is 6.01 Å². The van der Waals surface area contributed by atoms with Gasteiger partial charge in [-0.05, 0) is 25.7 Å². The van der Waals surface area contributed by atoms with E-state index in [1.807, 2.05) is 0 Å². The zero-order valence-corrected chi connectivity index (χ0v) is 12.0. The lowest BCUT2D eigenvalue weighted by atomic mass is 9.83. The smallest absolute Gasteiger partial charge is 0.335 e. The van der Waals surface area contributed by atoms with Gasteiger partial charge in [0.2, 0.25) is 0 Å². The molecule has 1 heterocycles. The summed E-state index contributed by atoms with van der Waals surface area (Å²) in [6.07, 6.45) is 7.40. The summed E-state index contributed by atoms with van der Waals surface area (Å²) in [7, 11) is 0. The van der Waals surface area contributed by atoms with Crippen LogP contribution in [0.25, 0.3) is 0 Å².